The number of carbonyl (C=O) groups is 2. The summed E-state index contributed by atoms with van der Waals surface area (Å²) in [4.78, 5) is 24.3. The van der Waals surface area contributed by atoms with Crippen LogP contribution in [0.25, 0.3) is 5.69 Å². The Balaban J connectivity index is 1.62. The highest BCUT2D eigenvalue weighted by Crippen LogP contribution is 2.20. The van der Waals surface area contributed by atoms with Crippen molar-refractivity contribution < 1.29 is 9.59 Å². The molecule has 1 amide bonds. The van der Waals surface area contributed by atoms with Crippen LogP contribution in [0, 0.1) is 6.92 Å². The lowest BCUT2D eigenvalue weighted by Gasteiger charge is -2.16. The Bertz CT molecular complexity index is 958. The number of ketones is 1. The molecule has 8 heteroatoms. The van der Waals surface area contributed by atoms with Crippen LogP contribution in [0.5, 0.6) is 0 Å². The third-order valence-corrected chi connectivity index (χ3v) is 5.14. The first kappa shape index (κ1) is 19.8. The van der Waals surface area contributed by atoms with Crippen molar-refractivity contribution in [1.82, 2.24) is 25.5 Å². The minimum absolute atomic E-state index is 0.0769. The molecule has 1 aromatic heterocycles. The van der Waals surface area contributed by atoms with Crippen molar-refractivity contribution in [3.63, 3.8) is 0 Å². The summed E-state index contributed by atoms with van der Waals surface area (Å²) < 4.78 is 1.61. The van der Waals surface area contributed by atoms with Gasteiger partial charge in [-0.1, -0.05) is 60.3 Å². The first-order chi connectivity index (χ1) is 13.5. The van der Waals surface area contributed by atoms with Gasteiger partial charge in [-0.25, -0.2) is 0 Å². The number of carbonyl (C=O) groups excluding carboxylic acids is 2. The molecule has 1 heterocycles. The molecule has 1 atom stereocenters. The van der Waals surface area contributed by atoms with Crippen LogP contribution >= 0.6 is 11.8 Å². The minimum Gasteiger partial charge on any atom is -0.345 e. The van der Waals surface area contributed by atoms with Gasteiger partial charge in [0.05, 0.1) is 17.5 Å². The van der Waals surface area contributed by atoms with Crippen LogP contribution in [-0.2, 0) is 16.0 Å². The smallest absolute Gasteiger partial charge is 0.231 e. The van der Waals surface area contributed by atoms with Crippen molar-refractivity contribution in [2.45, 2.75) is 31.5 Å². The molecule has 0 saturated heterocycles. The number of rotatable bonds is 8. The quantitative estimate of drug-likeness (QED) is 0.589. The van der Waals surface area contributed by atoms with E-state index in [4.69, 9.17) is 0 Å². The number of para-hydroxylation sites is 1. The molecule has 0 aliphatic rings. The van der Waals surface area contributed by atoms with Crippen LogP contribution in [0.2, 0.25) is 0 Å². The van der Waals surface area contributed by atoms with E-state index in [0.717, 1.165) is 16.8 Å². The normalized spacial score (nSPS) is 11.8. The van der Waals surface area contributed by atoms with Gasteiger partial charge in [0.15, 0.2) is 5.78 Å². The van der Waals surface area contributed by atoms with E-state index in [1.165, 1.54) is 18.7 Å². The number of hydrogen-bond acceptors (Lipinski definition) is 6. The lowest BCUT2D eigenvalue weighted by Crippen LogP contribution is -2.42. The molecule has 28 heavy (non-hydrogen) atoms. The SMILES string of the molecule is CC(=O)[C@H](Cc1ccccc1)NC(=O)CSc1nnnn1-c1ccccc1C. The topological polar surface area (TPSA) is 89.8 Å². The first-order valence-corrected chi connectivity index (χ1v) is 9.84. The largest absolute Gasteiger partial charge is 0.345 e. The number of nitrogens with one attached hydrogen (secondary N) is 1. The van der Waals surface area contributed by atoms with Gasteiger partial charge >= 0.3 is 0 Å². The van der Waals surface area contributed by atoms with Gasteiger partial charge in [-0.15, -0.1) is 5.10 Å². The third kappa shape index (κ3) is 5.04. The Hall–Kier alpha value is -3.00. The molecule has 3 aromatic rings. The predicted octanol–water partition coefficient (Wildman–Crippen LogP) is 2.38. The van der Waals surface area contributed by atoms with E-state index in [9.17, 15) is 9.59 Å². The molecule has 0 unspecified atom stereocenters. The van der Waals surface area contributed by atoms with Gasteiger partial charge in [0.25, 0.3) is 0 Å². The van der Waals surface area contributed by atoms with E-state index < -0.39 is 6.04 Å². The van der Waals surface area contributed by atoms with Gasteiger partial charge in [0.2, 0.25) is 11.1 Å². The highest BCUT2D eigenvalue weighted by atomic mass is 32.2. The zero-order chi connectivity index (χ0) is 19.9. The summed E-state index contributed by atoms with van der Waals surface area (Å²) in [5, 5.41) is 15.1. The first-order valence-electron chi connectivity index (χ1n) is 8.85. The number of aryl methyl sites for hydroxylation is 1. The fraction of sp³-hybridized carbons (Fsp3) is 0.250. The van der Waals surface area contributed by atoms with Crippen LogP contribution in [0.15, 0.2) is 59.8 Å². The van der Waals surface area contributed by atoms with Gasteiger partial charge < -0.3 is 5.32 Å². The van der Waals surface area contributed by atoms with Crippen LogP contribution in [0.3, 0.4) is 0 Å². The monoisotopic (exact) mass is 395 g/mol. The number of Topliss-reactive ketones (excluding diaryl/α,β-unsaturated/α-hetero) is 1. The summed E-state index contributed by atoms with van der Waals surface area (Å²) in [6, 6.07) is 16.8. The molecule has 0 aliphatic heterocycles. The van der Waals surface area contributed by atoms with Crippen molar-refractivity contribution in [3.8, 4) is 5.69 Å². The number of hydrogen-bond donors (Lipinski definition) is 1. The Kier molecular flexibility index (Phi) is 6.54. The number of aromatic nitrogens is 4. The second-order valence-electron chi connectivity index (χ2n) is 6.37. The average molecular weight is 395 g/mol. The molecule has 0 radical (unpaired) electrons. The van der Waals surface area contributed by atoms with Gasteiger partial charge in [-0.2, -0.15) is 4.68 Å². The lowest BCUT2D eigenvalue weighted by atomic mass is 10.0. The average Bonchev–Trinajstić information content (AvgIpc) is 3.15. The van der Waals surface area contributed by atoms with E-state index in [1.807, 2.05) is 61.5 Å². The maximum absolute atomic E-state index is 12.4. The molecule has 0 bridgehead atoms. The fourth-order valence-electron chi connectivity index (χ4n) is 2.73. The summed E-state index contributed by atoms with van der Waals surface area (Å²) >= 11 is 1.23. The molecular formula is C20H21N5O2S. The van der Waals surface area contributed by atoms with Gasteiger partial charge in [0, 0.05) is 0 Å². The van der Waals surface area contributed by atoms with Crippen LogP contribution in [0.1, 0.15) is 18.1 Å². The number of thioether (sulfide) groups is 1. The third-order valence-electron chi connectivity index (χ3n) is 4.23. The van der Waals surface area contributed by atoms with E-state index in [2.05, 4.69) is 20.8 Å². The Morgan fingerprint density at radius 2 is 1.82 bits per heavy atom. The van der Waals surface area contributed by atoms with Gasteiger partial charge in [0.1, 0.15) is 0 Å². The van der Waals surface area contributed by atoms with Crippen molar-refractivity contribution in [2.24, 2.45) is 0 Å². The summed E-state index contributed by atoms with van der Waals surface area (Å²) in [6.07, 6.45) is 0.466. The summed E-state index contributed by atoms with van der Waals surface area (Å²) in [5.41, 5.74) is 2.89. The Morgan fingerprint density at radius 3 is 2.54 bits per heavy atom. The van der Waals surface area contributed by atoms with Gasteiger partial charge in [-0.05, 0) is 47.9 Å². The number of tetrazole rings is 1. The molecule has 0 saturated carbocycles. The minimum atomic E-state index is -0.553. The van der Waals surface area contributed by atoms with Crippen molar-refractivity contribution in [1.29, 1.82) is 0 Å². The van der Waals surface area contributed by atoms with E-state index >= 15 is 0 Å². The van der Waals surface area contributed by atoms with E-state index in [1.54, 1.807) is 4.68 Å². The molecular weight excluding hydrogens is 374 g/mol. The van der Waals surface area contributed by atoms with Crippen molar-refractivity contribution >= 4 is 23.5 Å². The maximum atomic E-state index is 12.4. The second kappa shape index (κ2) is 9.27. The highest BCUT2D eigenvalue weighted by molar-refractivity contribution is 7.99. The zero-order valence-corrected chi connectivity index (χ0v) is 16.5. The van der Waals surface area contributed by atoms with Crippen molar-refractivity contribution in [2.75, 3.05) is 5.75 Å². The molecule has 7 nitrogen and oxygen atoms in total. The second-order valence-corrected chi connectivity index (χ2v) is 7.31. The van der Waals surface area contributed by atoms with Crippen LogP contribution in [-0.4, -0.2) is 43.7 Å². The lowest BCUT2D eigenvalue weighted by molar-refractivity contribution is -0.125. The molecule has 2 aromatic carbocycles. The summed E-state index contributed by atoms with van der Waals surface area (Å²) in [7, 11) is 0. The molecule has 144 valence electrons. The van der Waals surface area contributed by atoms with Crippen LogP contribution in [0.4, 0.5) is 0 Å². The van der Waals surface area contributed by atoms with Crippen LogP contribution < -0.4 is 5.32 Å². The Labute approximate surface area is 167 Å². The van der Waals surface area contributed by atoms with Crippen molar-refractivity contribution in [3.05, 3.63) is 65.7 Å². The molecule has 0 fully saturated rings. The molecule has 0 spiro atoms. The zero-order valence-electron chi connectivity index (χ0n) is 15.7. The number of nitrogens with zero attached hydrogens (tertiary/aromatic N) is 4. The number of benzene rings is 2. The summed E-state index contributed by atoms with van der Waals surface area (Å²) in [6.45, 7) is 3.46. The van der Waals surface area contributed by atoms with E-state index in [0.29, 0.717) is 11.6 Å². The Morgan fingerprint density at radius 1 is 1.11 bits per heavy atom. The fourth-order valence-corrected chi connectivity index (χ4v) is 3.43. The van der Waals surface area contributed by atoms with Gasteiger partial charge in [-0.3, -0.25) is 9.59 Å². The molecule has 3 rings (SSSR count). The highest BCUT2D eigenvalue weighted by Gasteiger charge is 2.19. The molecule has 0 aliphatic carbocycles. The molecule has 1 N–H and O–H groups in total. The van der Waals surface area contributed by atoms with E-state index in [-0.39, 0.29) is 17.4 Å². The number of amides is 1. The standard InChI is InChI=1S/C20H21N5O2S/c1-14-8-6-7-11-18(14)25-20(22-23-24-25)28-13-19(27)21-17(15(2)26)12-16-9-4-3-5-10-16/h3-11,17H,12-13H2,1-2H3,(H,21,27)/t17-/m0/s1. The predicted molar refractivity (Wildman–Crippen MR) is 107 cm³/mol. The summed E-state index contributed by atoms with van der Waals surface area (Å²) in [5.74, 6) is -0.197. The maximum Gasteiger partial charge on any atom is 0.231 e.